The van der Waals surface area contributed by atoms with Crippen molar-refractivity contribution in [2.75, 3.05) is 25.5 Å². The molecule has 4 rings (SSSR count). The predicted molar refractivity (Wildman–Crippen MR) is 128 cm³/mol. The molecule has 1 atom stereocenters. The molecule has 3 aromatic rings. The summed E-state index contributed by atoms with van der Waals surface area (Å²) in [5, 5.41) is 20.6. The van der Waals surface area contributed by atoms with Crippen LogP contribution in [0.15, 0.2) is 34.9 Å². The molecule has 8 nitrogen and oxygen atoms in total. The smallest absolute Gasteiger partial charge is 0.162 e. The molecule has 1 unspecified atom stereocenters. The van der Waals surface area contributed by atoms with Crippen molar-refractivity contribution in [3.8, 4) is 28.4 Å². The van der Waals surface area contributed by atoms with Gasteiger partial charge in [-0.2, -0.15) is 0 Å². The maximum absolute atomic E-state index is 9.95. The minimum Gasteiger partial charge on any atom is -0.491 e. The van der Waals surface area contributed by atoms with E-state index in [1.807, 2.05) is 44.2 Å². The van der Waals surface area contributed by atoms with E-state index in [0.29, 0.717) is 24.2 Å². The fraction of sp³-hybridized carbons (Fsp3) is 0.480. The number of benzene rings is 1. The zero-order chi connectivity index (χ0) is 23.2. The Hall–Kier alpha value is -2.97. The van der Waals surface area contributed by atoms with Crippen molar-refractivity contribution in [1.29, 1.82) is 0 Å². The van der Waals surface area contributed by atoms with E-state index in [9.17, 15) is 5.11 Å². The summed E-state index contributed by atoms with van der Waals surface area (Å²) in [5.41, 5.74) is 3.32. The maximum Gasteiger partial charge on any atom is 0.162 e. The van der Waals surface area contributed by atoms with Crippen LogP contribution in [-0.2, 0) is 0 Å². The number of hydrogen-bond donors (Lipinski definition) is 3. The summed E-state index contributed by atoms with van der Waals surface area (Å²) in [6.45, 7) is 4.50. The van der Waals surface area contributed by atoms with Gasteiger partial charge in [0.15, 0.2) is 5.82 Å². The quantitative estimate of drug-likeness (QED) is 0.446. The van der Waals surface area contributed by atoms with E-state index in [2.05, 4.69) is 15.8 Å². The summed E-state index contributed by atoms with van der Waals surface area (Å²) < 4.78 is 11.2. The van der Waals surface area contributed by atoms with Gasteiger partial charge in [-0.05, 0) is 45.9 Å². The molecule has 1 fully saturated rings. The molecule has 8 heteroatoms. The van der Waals surface area contributed by atoms with E-state index in [1.165, 1.54) is 19.3 Å². The van der Waals surface area contributed by atoms with Gasteiger partial charge in [-0.3, -0.25) is 0 Å². The molecule has 0 aliphatic heterocycles. The van der Waals surface area contributed by atoms with Crippen LogP contribution in [0.2, 0.25) is 0 Å². The van der Waals surface area contributed by atoms with E-state index >= 15 is 0 Å². The van der Waals surface area contributed by atoms with Crippen LogP contribution >= 0.6 is 0 Å². The average Bonchev–Trinajstić information content (AvgIpc) is 3.16. The van der Waals surface area contributed by atoms with Gasteiger partial charge in [0.1, 0.15) is 30.0 Å². The van der Waals surface area contributed by atoms with Crippen molar-refractivity contribution in [2.24, 2.45) is 0 Å². The number of aliphatic hydroxyl groups excluding tert-OH is 1. The Morgan fingerprint density at radius 1 is 1.15 bits per heavy atom. The molecule has 2 aromatic heterocycles. The van der Waals surface area contributed by atoms with Gasteiger partial charge in [0, 0.05) is 24.2 Å². The fourth-order valence-corrected chi connectivity index (χ4v) is 4.30. The Labute approximate surface area is 194 Å². The Morgan fingerprint density at radius 3 is 2.70 bits per heavy atom. The number of rotatable bonds is 9. The van der Waals surface area contributed by atoms with E-state index in [0.717, 1.165) is 46.9 Å². The summed E-state index contributed by atoms with van der Waals surface area (Å²) >= 11 is 0. The lowest BCUT2D eigenvalue weighted by Gasteiger charge is -2.23. The number of aliphatic hydroxyl groups is 1. The van der Waals surface area contributed by atoms with Gasteiger partial charge < -0.3 is 25.0 Å². The minimum absolute atomic E-state index is 0.207. The summed E-state index contributed by atoms with van der Waals surface area (Å²) in [4.78, 5) is 9.71. The zero-order valence-electron chi connectivity index (χ0n) is 19.6. The molecule has 1 aliphatic carbocycles. The fourth-order valence-electron chi connectivity index (χ4n) is 4.30. The topological polar surface area (TPSA) is 105 Å². The molecule has 0 bridgehead atoms. The van der Waals surface area contributed by atoms with Crippen molar-refractivity contribution in [3.05, 3.63) is 41.8 Å². The Kier molecular flexibility index (Phi) is 7.57. The molecular weight excluding hydrogens is 418 g/mol. The highest BCUT2D eigenvalue weighted by molar-refractivity contribution is 5.70. The third kappa shape index (κ3) is 5.89. The van der Waals surface area contributed by atoms with Crippen LogP contribution in [0.1, 0.15) is 43.6 Å². The van der Waals surface area contributed by atoms with Gasteiger partial charge >= 0.3 is 0 Å². The molecule has 1 aliphatic rings. The van der Waals surface area contributed by atoms with Gasteiger partial charge in [0.25, 0.3) is 0 Å². The molecular formula is C25H33N5O3. The summed E-state index contributed by atoms with van der Waals surface area (Å²) in [6, 6.07) is 10.1. The number of ether oxygens (including phenoxy) is 1. The molecule has 2 heterocycles. The van der Waals surface area contributed by atoms with Crippen molar-refractivity contribution in [2.45, 2.75) is 58.1 Å². The van der Waals surface area contributed by atoms with Crippen molar-refractivity contribution < 1.29 is 14.4 Å². The van der Waals surface area contributed by atoms with Crippen molar-refractivity contribution in [1.82, 2.24) is 20.4 Å². The van der Waals surface area contributed by atoms with Crippen LogP contribution in [0.3, 0.4) is 0 Å². The molecule has 0 radical (unpaired) electrons. The van der Waals surface area contributed by atoms with Gasteiger partial charge in [-0.25, -0.2) is 9.97 Å². The highest BCUT2D eigenvalue weighted by Crippen LogP contribution is 2.31. The lowest BCUT2D eigenvalue weighted by molar-refractivity contribution is 0.108. The average molecular weight is 452 g/mol. The van der Waals surface area contributed by atoms with Gasteiger partial charge in [-0.15, -0.1) is 0 Å². The van der Waals surface area contributed by atoms with Crippen LogP contribution in [0.25, 0.3) is 22.6 Å². The number of anilines is 1. The van der Waals surface area contributed by atoms with Crippen molar-refractivity contribution >= 4 is 5.82 Å². The summed E-state index contributed by atoms with van der Waals surface area (Å²) in [6.07, 6.45) is 5.50. The zero-order valence-corrected chi connectivity index (χ0v) is 19.6. The Balaban J connectivity index is 1.66. The highest BCUT2D eigenvalue weighted by atomic mass is 16.5. The highest BCUT2D eigenvalue weighted by Gasteiger charge is 2.19. The second-order valence-electron chi connectivity index (χ2n) is 8.69. The first-order valence-electron chi connectivity index (χ1n) is 11.7. The van der Waals surface area contributed by atoms with Crippen LogP contribution in [-0.4, -0.2) is 52.6 Å². The molecule has 0 saturated heterocycles. The van der Waals surface area contributed by atoms with Crippen LogP contribution in [0.5, 0.6) is 5.75 Å². The third-order valence-electron chi connectivity index (χ3n) is 5.95. The number of hydrogen-bond acceptors (Lipinski definition) is 8. The Morgan fingerprint density at radius 2 is 1.97 bits per heavy atom. The second kappa shape index (κ2) is 10.8. The van der Waals surface area contributed by atoms with E-state index < -0.39 is 6.10 Å². The van der Waals surface area contributed by atoms with Crippen LogP contribution in [0.4, 0.5) is 5.82 Å². The number of nitrogens with one attached hydrogen (secondary N) is 2. The first kappa shape index (κ1) is 23.2. The minimum atomic E-state index is -0.580. The van der Waals surface area contributed by atoms with Gasteiger partial charge in [0.05, 0.1) is 17.0 Å². The predicted octanol–water partition coefficient (Wildman–Crippen LogP) is 4.12. The SMILES string of the molecule is CNCC(O)COc1cccc(-c2nc(NC3CCCCC3)cc(-c3c(C)noc3C)n2)c1. The molecule has 33 heavy (non-hydrogen) atoms. The largest absolute Gasteiger partial charge is 0.491 e. The Bertz CT molecular complexity index is 1040. The number of nitrogens with zero attached hydrogens (tertiary/aromatic N) is 3. The van der Waals surface area contributed by atoms with Crippen LogP contribution < -0.4 is 15.4 Å². The molecule has 0 spiro atoms. The summed E-state index contributed by atoms with van der Waals surface area (Å²) in [5.74, 6) is 2.80. The standard InChI is InChI=1S/C25H33N5O3/c1-16-24(17(2)33-30-16)22-13-23(27-19-9-5-4-6-10-19)29-25(28-22)18-8-7-11-21(12-18)32-15-20(31)14-26-3/h7-8,11-13,19-20,26,31H,4-6,9-10,14-15H2,1-3H3,(H,27,28,29). The molecule has 1 aromatic carbocycles. The molecule has 3 N–H and O–H groups in total. The summed E-state index contributed by atoms with van der Waals surface area (Å²) in [7, 11) is 1.80. The molecule has 0 amide bonds. The van der Waals surface area contributed by atoms with E-state index in [1.54, 1.807) is 7.05 Å². The number of aromatic nitrogens is 3. The number of aryl methyl sites for hydroxylation is 2. The van der Waals surface area contributed by atoms with Crippen LogP contribution in [0, 0.1) is 13.8 Å². The third-order valence-corrected chi connectivity index (χ3v) is 5.95. The van der Waals surface area contributed by atoms with E-state index in [-0.39, 0.29) is 6.61 Å². The maximum atomic E-state index is 9.95. The first-order chi connectivity index (χ1) is 16.0. The van der Waals surface area contributed by atoms with E-state index in [4.69, 9.17) is 19.2 Å². The lowest BCUT2D eigenvalue weighted by atomic mass is 9.95. The number of likely N-dealkylation sites (N-methyl/N-ethyl adjacent to an activating group) is 1. The molecule has 176 valence electrons. The van der Waals surface area contributed by atoms with Gasteiger partial charge in [0.2, 0.25) is 0 Å². The lowest BCUT2D eigenvalue weighted by Crippen LogP contribution is -2.29. The second-order valence-corrected chi connectivity index (χ2v) is 8.69. The normalized spacial score (nSPS) is 15.4. The van der Waals surface area contributed by atoms with Gasteiger partial charge in [-0.1, -0.05) is 36.6 Å². The molecule has 1 saturated carbocycles. The monoisotopic (exact) mass is 451 g/mol. The first-order valence-corrected chi connectivity index (χ1v) is 11.7. The van der Waals surface area contributed by atoms with Crippen molar-refractivity contribution in [3.63, 3.8) is 0 Å².